The Morgan fingerprint density at radius 3 is 2.83 bits per heavy atom. The molecular weight excluding hydrogens is 310 g/mol. The monoisotopic (exact) mass is 333 g/mol. The predicted molar refractivity (Wildman–Crippen MR) is 96.3 cm³/mol. The molecule has 0 saturated carbocycles. The molecule has 0 aliphatic carbocycles. The summed E-state index contributed by atoms with van der Waals surface area (Å²) in [7, 11) is 2.00. The van der Waals surface area contributed by atoms with Gasteiger partial charge in [0.2, 0.25) is 0 Å². The van der Waals surface area contributed by atoms with Gasteiger partial charge < -0.3 is 20.6 Å². The summed E-state index contributed by atoms with van der Waals surface area (Å²) in [6, 6.07) is 9.17. The van der Waals surface area contributed by atoms with Crippen molar-refractivity contribution in [1.82, 2.24) is 5.32 Å². The Balaban J connectivity index is 1.92. The van der Waals surface area contributed by atoms with Crippen molar-refractivity contribution in [3.63, 3.8) is 0 Å². The standard InChI is InChI=1S/C17H23N3O2S/c1-4-20(3)15-7-5-6-14(10-15)19-16(21)18-12-17(2,22)13-8-9-23-11-13/h5-11,22H,4,12H2,1-3H3,(H2,18,19,21)/t17-/m1/s1. The molecular formula is C17H23N3O2S. The average Bonchev–Trinajstić information content (AvgIpc) is 3.08. The van der Waals surface area contributed by atoms with Crippen LogP contribution in [0.25, 0.3) is 0 Å². The van der Waals surface area contributed by atoms with E-state index in [1.54, 1.807) is 6.92 Å². The van der Waals surface area contributed by atoms with Crippen LogP contribution >= 0.6 is 11.3 Å². The maximum absolute atomic E-state index is 12.0. The lowest BCUT2D eigenvalue weighted by molar-refractivity contribution is 0.0604. The first-order valence-electron chi connectivity index (χ1n) is 7.53. The van der Waals surface area contributed by atoms with E-state index >= 15 is 0 Å². The number of amides is 2. The minimum Gasteiger partial charge on any atom is -0.384 e. The van der Waals surface area contributed by atoms with Crippen molar-refractivity contribution in [3.05, 3.63) is 46.7 Å². The van der Waals surface area contributed by atoms with Crippen LogP contribution < -0.4 is 15.5 Å². The summed E-state index contributed by atoms with van der Waals surface area (Å²) in [6.07, 6.45) is 0. The van der Waals surface area contributed by atoms with Gasteiger partial charge in [-0.2, -0.15) is 11.3 Å². The lowest BCUT2D eigenvalue weighted by Gasteiger charge is -2.23. The molecule has 1 aromatic carbocycles. The molecule has 3 N–H and O–H groups in total. The maximum atomic E-state index is 12.0. The number of urea groups is 1. The normalized spacial score (nSPS) is 13.2. The molecule has 2 amide bonds. The number of thiophene rings is 1. The minimum absolute atomic E-state index is 0.143. The average molecular weight is 333 g/mol. The molecule has 0 unspecified atom stereocenters. The molecule has 1 atom stereocenters. The molecule has 1 heterocycles. The third kappa shape index (κ3) is 4.71. The summed E-state index contributed by atoms with van der Waals surface area (Å²) >= 11 is 1.52. The zero-order valence-corrected chi connectivity index (χ0v) is 14.5. The minimum atomic E-state index is -1.08. The van der Waals surface area contributed by atoms with E-state index in [-0.39, 0.29) is 12.6 Å². The molecule has 23 heavy (non-hydrogen) atoms. The Hall–Kier alpha value is -2.05. The van der Waals surface area contributed by atoms with Gasteiger partial charge in [-0.3, -0.25) is 0 Å². The van der Waals surface area contributed by atoms with Crippen LogP contribution in [0.1, 0.15) is 19.4 Å². The van der Waals surface area contributed by atoms with Crippen molar-refractivity contribution in [2.75, 3.05) is 30.4 Å². The van der Waals surface area contributed by atoms with Gasteiger partial charge in [-0.05, 0) is 54.4 Å². The van der Waals surface area contributed by atoms with Crippen LogP contribution in [0.15, 0.2) is 41.1 Å². The molecule has 6 heteroatoms. The second-order valence-corrected chi connectivity index (χ2v) is 6.44. The fourth-order valence-electron chi connectivity index (χ4n) is 2.10. The Labute approximate surface area is 140 Å². The lowest BCUT2D eigenvalue weighted by atomic mass is 9.99. The fraction of sp³-hybridized carbons (Fsp3) is 0.353. The van der Waals surface area contributed by atoms with Gasteiger partial charge in [0.15, 0.2) is 0 Å². The summed E-state index contributed by atoms with van der Waals surface area (Å²) in [4.78, 5) is 14.1. The third-order valence-electron chi connectivity index (χ3n) is 3.76. The first kappa shape index (κ1) is 17.3. The second-order valence-electron chi connectivity index (χ2n) is 5.66. The number of nitrogens with zero attached hydrogens (tertiary/aromatic N) is 1. The molecule has 0 bridgehead atoms. The van der Waals surface area contributed by atoms with Gasteiger partial charge in [0.25, 0.3) is 0 Å². The Morgan fingerprint density at radius 2 is 2.17 bits per heavy atom. The van der Waals surface area contributed by atoms with Gasteiger partial charge in [-0.15, -0.1) is 0 Å². The van der Waals surface area contributed by atoms with Crippen LogP contribution in [0.5, 0.6) is 0 Å². The number of aliphatic hydroxyl groups is 1. The predicted octanol–water partition coefficient (Wildman–Crippen LogP) is 3.23. The number of benzene rings is 1. The van der Waals surface area contributed by atoms with Gasteiger partial charge in [-0.25, -0.2) is 4.79 Å². The van der Waals surface area contributed by atoms with Crippen molar-refractivity contribution in [2.45, 2.75) is 19.4 Å². The quantitative estimate of drug-likeness (QED) is 0.760. The number of nitrogens with one attached hydrogen (secondary N) is 2. The molecule has 0 fully saturated rings. The second kappa shape index (κ2) is 7.48. The van der Waals surface area contributed by atoms with Gasteiger partial charge >= 0.3 is 6.03 Å². The highest BCUT2D eigenvalue weighted by Crippen LogP contribution is 2.22. The summed E-state index contributed by atoms with van der Waals surface area (Å²) in [5.74, 6) is 0. The molecule has 2 rings (SSSR count). The summed E-state index contributed by atoms with van der Waals surface area (Å²) in [5.41, 5.74) is 1.47. The number of anilines is 2. The summed E-state index contributed by atoms with van der Waals surface area (Å²) < 4.78 is 0. The van der Waals surface area contributed by atoms with Crippen LogP contribution in [0.4, 0.5) is 16.2 Å². The maximum Gasteiger partial charge on any atom is 0.319 e. The van der Waals surface area contributed by atoms with Crippen molar-refractivity contribution in [1.29, 1.82) is 0 Å². The Kier molecular flexibility index (Phi) is 5.63. The zero-order chi connectivity index (χ0) is 16.9. The zero-order valence-electron chi connectivity index (χ0n) is 13.7. The van der Waals surface area contributed by atoms with Gasteiger partial charge in [0.1, 0.15) is 5.60 Å². The summed E-state index contributed by atoms with van der Waals surface area (Å²) in [5, 5.41) is 19.7. The number of hydrogen-bond donors (Lipinski definition) is 3. The highest BCUT2D eigenvalue weighted by Gasteiger charge is 2.24. The van der Waals surface area contributed by atoms with E-state index in [0.717, 1.165) is 23.5 Å². The molecule has 0 aliphatic rings. The molecule has 124 valence electrons. The summed E-state index contributed by atoms with van der Waals surface area (Å²) in [6.45, 7) is 4.79. The van der Waals surface area contributed by atoms with Crippen molar-refractivity contribution < 1.29 is 9.90 Å². The topological polar surface area (TPSA) is 64.6 Å². The van der Waals surface area contributed by atoms with E-state index in [0.29, 0.717) is 0 Å². The van der Waals surface area contributed by atoms with Gasteiger partial charge in [-0.1, -0.05) is 6.07 Å². The van der Waals surface area contributed by atoms with E-state index in [4.69, 9.17) is 0 Å². The van der Waals surface area contributed by atoms with Crippen LogP contribution in [0.2, 0.25) is 0 Å². The molecule has 2 aromatic rings. The van der Waals surface area contributed by atoms with Crippen LogP contribution in [0, 0.1) is 0 Å². The molecule has 0 saturated heterocycles. The number of carbonyl (C=O) groups is 1. The van der Waals surface area contributed by atoms with E-state index in [2.05, 4.69) is 22.5 Å². The lowest BCUT2D eigenvalue weighted by Crippen LogP contribution is -2.40. The fourth-order valence-corrected chi connectivity index (χ4v) is 2.89. The van der Waals surface area contributed by atoms with Crippen LogP contribution in [-0.2, 0) is 5.60 Å². The highest BCUT2D eigenvalue weighted by atomic mass is 32.1. The van der Waals surface area contributed by atoms with Crippen molar-refractivity contribution in [3.8, 4) is 0 Å². The first-order valence-corrected chi connectivity index (χ1v) is 8.48. The smallest absolute Gasteiger partial charge is 0.319 e. The Bertz CT molecular complexity index is 641. The Morgan fingerprint density at radius 1 is 1.39 bits per heavy atom. The van der Waals surface area contributed by atoms with E-state index in [9.17, 15) is 9.90 Å². The van der Waals surface area contributed by atoms with E-state index in [1.165, 1.54) is 11.3 Å². The van der Waals surface area contributed by atoms with E-state index in [1.807, 2.05) is 48.1 Å². The molecule has 0 radical (unpaired) electrons. The molecule has 0 spiro atoms. The van der Waals surface area contributed by atoms with Crippen molar-refractivity contribution in [2.24, 2.45) is 0 Å². The van der Waals surface area contributed by atoms with Gasteiger partial charge in [0, 0.05) is 25.0 Å². The number of carbonyl (C=O) groups excluding carboxylic acids is 1. The van der Waals surface area contributed by atoms with Crippen molar-refractivity contribution >= 4 is 28.7 Å². The molecule has 5 nitrogen and oxygen atoms in total. The van der Waals surface area contributed by atoms with Gasteiger partial charge in [0.05, 0.1) is 6.54 Å². The number of hydrogen-bond acceptors (Lipinski definition) is 4. The van der Waals surface area contributed by atoms with Crippen LogP contribution in [0.3, 0.4) is 0 Å². The SMILES string of the molecule is CCN(C)c1cccc(NC(=O)NC[C@@](C)(O)c2ccsc2)c1. The first-order chi connectivity index (χ1) is 10.9. The molecule has 0 aliphatic heterocycles. The highest BCUT2D eigenvalue weighted by molar-refractivity contribution is 7.08. The third-order valence-corrected chi connectivity index (χ3v) is 4.44. The molecule has 1 aromatic heterocycles. The van der Waals surface area contributed by atoms with Crippen LogP contribution in [-0.4, -0.2) is 31.3 Å². The number of rotatable bonds is 6. The van der Waals surface area contributed by atoms with E-state index < -0.39 is 5.60 Å². The largest absolute Gasteiger partial charge is 0.384 e.